The molecule has 2 atom stereocenters. The van der Waals surface area contributed by atoms with Gasteiger partial charge in [0.2, 0.25) is 0 Å². The Morgan fingerprint density at radius 1 is 1.17 bits per heavy atom. The number of thiophene rings is 1. The van der Waals surface area contributed by atoms with E-state index in [1.165, 1.54) is 0 Å². The molecule has 29 heavy (non-hydrogen) atoms. The largest absolute Gasteiger partial charge is 0.387 e. The average Bonchev–Trinajstić information content (AvgIpc) is 3.45. The van der Waals surface area contributed by atoms with Crippen molar-refractivity contribution in [2.75, 3.05) is 24.7 Å². The summed E-state index contributed by atoms with van der Waals surface area (Å²) < 4.78 is 7.55. The molecule has 3 aromatic heterocycles. The minimum absolute atomic E-state index is 0.0269. The molecule has 5 rings (SSSR count). The highest BCUT2D eigenvalue weighted by Gasteiger charge is 2.29. The Labute approximate surface area is 172 Å². The molecule has 1 aromatic carbocycles. The summed E-state index contributed by atoms with van der Waals surface area (Å²) in [7, 11) is 0. The lowest BCUT2D eigenvalue weighted by molar-refractivity contribution is 0.0686. The molecule has 1 N–H and O–H groups in total. The van der Waals surface area contributed by atoms with Crippen molar-refractivity contribution in [2.24, 2.45) is 0 Å². The summed E-state index contributed by atoms with van der Waals surface area (Å²) in [6.45, 7) is 1.90. The number of hydrogen-bond donors (Lipinski definition) is 1. The van der Waals surface area contributed by atoms with E-state index in [1.54, 1.807) is 17.7 Å². The molecule has 1 fully saturated rings. The molecule has 4 aromatic rings. The third-order valence-corrected chi connectivity index (χ3v) is 6.19. The summed E-state index contributed by atoms with van der Waals surface area (Å²) in [6, 6.07) is 13.9. The molecule has 0 saturated carbocycles. The molecular weight excluding hydrogens is 386 g/mol. The van der Waals surface area contributed by atoms with Crippen LogP contribution in [0, 0.1) is 0 Å². The predicted octanol–water partition coefficient (Wildman–Crippen LogP) is 3.21. The van der Waals surface area contributed by atoms with Crippen molar-refractivity contribution in [3.05, 3.63) is 65.2 Å². The average molecular weight is 407 g/mol. The predicted molar refractivity (Wildman–Crippen MR) is 113 cm³/mol. The molecule has 1 saturated heterocycles. The Morgan fingerprint density at radius 3 is 2.90 bits per heavy atom. The highest BCUT2D eigenvalue weighted by Crippen LogP contribution is 2.31. The van der Waals surface area contributed by atoms with E-state index < -0.39 is 6.10 Å². The monoisotopic (exact) mass is 407 g/mol. The molecule has 4 heterocycles. The summed E-state index contributed by atoms with van der Waals surface area (Å²) in [5, 5.41) is 18.1. The van der Waals surface area contributed by atoms with Crippen LogP contribution in [-0.2, 0) is 4.74 Å². The Balaban J connectivity index is 1.49. The van der Waals surface area contributed by atoms with Gasteiger partial charge in [-0.15, -0.1) is 11.3 Å². The van der Waals surface area contributed by atoms with Gasteiger partial charge >= 0.3 is 0 Å². The second-order valence-electron chi connectivity index (χ2n) is 7.02. The topological polar surface area (TPSA) is 76.3 Å². The van der Waals surface area contributed by atoms with E-state index >= 15 is 0 Å². The van der Waals surface area contributed by atoms with Gasteiger partial charge in [-0.05, 0) is 23.6 Å². The van der Waals surface area contributed by atoms with Gasteiger partial charge in [0.15, 0.2) is 5.65 Å². The lowest BCUT2D eigenvalue weighted by Crippen LogP contribution is -2.46. The first kappa shape index (κ1) is 18.2. The van der Waals surface area contributed by atoms with Crippen molar-refractivity contribution in [3.63, 3.8) is 0 Å². The Bertz CT molecular complexity index is 1080. The smallest absolute Gasteiger partial charge is 0.168 e. The number of ether oxygens (including phenoxy) is 1. The summed E-state index contributed by atoms with van der Waals surface area (Å²) >= 11 is 1.57. The zero-order valence-electron chi connectivity index (χ0n) is 15.8. The van der Waals surface area contributed by atoms with Crippen LogP contribution >= 0.6 is 11.3 Å². The van der Waals surface area contributed by atoms with Crippen LogP contribution in [0.15, 0.2) is 60.4 Å². The van der Waals surface area contributed by atoms with Gasteiger partial charge < -0.3 is 14.7 Å². The van der Waals surface area contributed by atoms with Crippen LogP contribution in [0.25, 0.3) is 16.7 Å². The van der Waals surface area contributed by atoms with Crippen LogP contribution < -0.4 is 4.90 Å². The fourth-order valence-corrected chi connectivity index (χ4v) is 4.53. The quantitative estimate of drug-likeness (QED) is 0.548. The molecule has 8 heteroatoms. The minimum atomic E-state index is -0.520. The molecule has 1 aliphatic rings. The van der Waals surface area contributed by atoms with Gasteiger partial charge in [0.1, 0.15) is 12.1 Å². The van der Waals surface area contributed by atoms with Crippen molar-refractivity contribution in [3.8, 4) is 5.69 Å². The lowest BCUT2D eigenvalue weighted by atomic mass is 10.1. The number of aromatic nitrogens is 4. The number of rotatable bonds is 5. The van der Waals surface area contributed by atoms with Crippen LogP contribution in [0.2, 0.25) is 0 Å². The minimum Gasteiger partial charge on any atom is -0.387 e. The second kappa shape index (κ2) is 7.90. The summed E-state index contributed by atoms with van der Waals surface area (Å²) in [6.07, 6.45) is 3.47. The fourth-order valence-electron chi connectivity index (χ4n) is 3.80. The normalized spacial score (nSPS) is 18.2. The number of aliphatic hydroxyl groups excluding tert-OH is 1. The molecule has 0 amide bonds. The first-order chi connectivity index (χ1) is 14.3. The van der Waals surface area contributed by atoms with E-state index in [4.69, 9.17) is 4.74 Å². The number of fused-ring (bicyclic) bond motifs is 1. The van der Waals surface area contributed by atoms with Gasteiger partial charge in [0.05, 0.1) is 42.6 Å². The molecule has 7 nitrogen and oxygen atoms in total. The number of benzene rings is 1. The molecule has 1 aliphatic heterocycles. The highest BCUT2D eigenvalue weighted by atomic mass is 32.1. The van der Waals surface area contributed by atoms with Crippen LogP contribution in [0.4, 0.5) is 5.82 Å². The highest BCUT2D eigenvalue weighted by molar-refractivity contribution is 7.10. The first-order valence-electron chi connectivity index (χ1n) is 9.61. The number of nitrogens with zero attached hydrogens (tertiary/aromatic N) is 5. The molecule has 148 valence electrons. The molecular formula is C21H21N5O2S. The van der Waals surface area contributed by atoms with E-state index in [1.807, 2.05) is 58.7 Å². The van der Waals surface area contributed by atoms with Crippen molar-refractivity contribution in [1.82, 2.24) is 19.7 Å². The Hall–Kier alpha value is -2.81. The standard InChI is InChI=1S/C21H21N5O2S/c27-18(19-7-4-10-29-19)11-16-13-28-9-8-25(16)20-17-12-24-26(21(17)23-14-22-20)15-5-2-1-3-6-15/h1-7,10,12,14,16,18,27H,8-9,11,13H2. The molecule has 0 radical (unpaired) electrons. The van der Waals surface area contributed by atoms with Crippen LogP contribution in [0.3, 0.4) is 0 Å². The van der Waals surface area contributed by atoms with Gasteiger partial charge in [-0.25, -0.2) is 14.6 Å². The van der Waals surface area contributed by atoms with Crippen molar-refractivity contribution >= 4 is 28.2 Å². The maximum atomic E-state index is 10.7. The van der Waals surface area contributed by atoms with Gasteiger partial charge in [-0.1, -0.05) is 24.3 Å². The Morgan fingerprint density at radius 2 is 2.07 bits per heavy atom. The fraction of sp³-hybridized carbons (Fsp3) is 0.286. The summed E-state index contributed by atoms with van der Waals surface area (Å²) in [5.41, 5.74) is 1.73. The van der Waals surface area contributed by atoms with E-state index in [0.29, 0.717) is 26.2 Å². The molecule has 0 bridgehead atoms. The first-order valence-corrected chi connectivity index (χ1v) is 10.5. The lowest BCUT2D eigenvalue weighted by Gasteiger charge is -2.37. The third-order valence-electron chi connectivity index (χ3n) is 5.21. The number of aliphatic hydroxyl groups is 1. The zero-order valence-corrected chi connectivity index (χ0v) is 16.6. The zero-order chi connectivity index (χ0) is 19.6. The van der Waals surface area contributed by atoms with Gasteiger partial charge in [-0.2, -0.15) is 5.10 Å². The molecule has 0 spiro atoms. The maximum Gasteiger partial charge on any atom is 0.168 e. The van der Waals surface area contributed by atoms with Gasteiger partial charge in [-0.3, -0.25) is 0 Å². The van der Waals surface area contributed by atoms with Crippen molar-refractivity contribution < 1.29 is 9.84 Å². The number of morpholine rings is 1. The van der Waals surface area contributed by atoms with Crippen LogP contribution in [-0.4, -0.2) is 50.7 Å². The molecule has 2 unspecified atom stereocenters. The SMILES string of the molecule is OC(CC1COCCN1c1ncnc2c1cnn2-c1ccccc1)c1cccs1. The summed E-state index contributed by atoms with van der Waals surface area (Å²) in [4.78, 5) is 12.3. The number of anilines is 1. The Kier molecular flexibility index (Phi) is 4.97. The van der Waals surface area contributed by atoms with Crippen molar-refractivity contribution in [2.45, 2.75) is 18.6 Å². The molecule has 0 aliphatic carbocycles. The van der Waals surface area contributed by atoms with Gasteiger partial charge in [0.25, 0.3) is 0 Å². The third kappa shape index (κ3) is 3.50. The van der Waals surface area contributed by atoms with Crippen molar-refractivity contribution in [1.29, 1.82) is 0 Å². The summed E-state index contributed by atoms with van der Waals surface area (Å²) in [5.74, 6) is 0.837. The van der Waals surface area contributed by atoms with E-state index in [2.05, 4.69) is 20.0 Å². The van der Waals surface area contributed by atoms with E-state index in [0.717, 1.165) is 27.4 Å². The maximum absolute atomic E-state index is 10.7. The number of para-hydroxylation sites is 1. The van der Waals surface area contributed by atoms with E-state index in [-0.39, 0.29) is 6.04 Å². The van der Waals surface area contributed by atoms with E-state index in [9.17, 15) is 5.11 Å². The van der Waals surface area contributed by atoms with Crippen LogP contribution in [0.1, 0.15) is 17.4 Å². The van der Waals surface area contributed by atoms with Crippen LogP contribution in [0.5, 0.6) is 0 Å². The second-order valence-corrected chi connectivity index (χ2v) is 7.99. The number of hydrogen-bond acceptors (Lipinski definition) is 7. The van der Waals surface area contributed by atoms with Gasteiger partial charge in [0, 0.05) is 17.8 Å².